The molecule has 1 saturated heterocycles. The summed E-state index contributed by atoms with van der Waals surface area (Å²) < 4.78 is 64.2. The number of alkyl halides is 2. The first kappa shape index (κ1) is 26.6. The highest BCUT2D eigenvalue weighted by molar-refractivity contribution is 6.04. The molecular weight excluding hydrogens is 518 g/mol. The lowest BCUT2D eigenvalue weighted by molar-refractivity contribution is 0.0128. The quantitative estimate of drug-likeness (QED) is 0.357. The summed E-state index contributed by atoms with van der Waals surface area (Å²) in [5, 5.41) is 10.5. The zero-order valence-corrected chi connectivity index (χ0v) is 21.8. The molecule has 9 nitrogen and oxygen atoms in total. The Morgan fingerprint density at radius 2 is 1.85 bits per heavy atom. The average molecular weight is 546 g/mol. The van der Waals surface area contributed by atoms with Crippen molar-refractivity contribution in [3.8, 4) is 11.1 Å². The van der Waals surface area contributed by atoms with E-state index in [-0.39, 0.29) is 5.69 Å². The Balaban J connectivity index is 1.52. The van der Waals surface area contributed by atoms with Gasteiger partial charge in [-0.05, 0) is 57.0 Å². The topological polar surface area (TPSA) is 89.6 Å². The summed E-state index contributed by atoms with van der Waals surface area (Å²) >= 11 is 0. The maximum absolute atomic E-state index is 15.0. The maximum atomic E-state index is 15.0. The van der Waals surface area contributed by atoms with Crippen LogP contribution in [0.5, 0.6) is 0 Å². The van der Waals surface area contributed by atoms with E-state index in [9.17, 15) is 22.4 Å². The molecule has 1 N–H and O–H groups in total. The van der Waals surface area contributed by atoms with E-state index in [4.69, 9.17) is 4.74 Å². The molecule has 0 radical (unpaired) electrons. The van der Waals surface area contributed by atoms with E-state index in [2.05, 4.69) is 25.4 Å². The molecule has 1 amide bonds. The Morgan fingerprint density at radius 3 is 2.54 bits per heavy atom. The SMILES string of the molecule is Cc1nc2c(N3CCOCC3)cc(-c3cc(NC(=O)c4cnn(C(C)(C)C(F)F)c4F)c(F)cc3C)cn2n1. The van der Waals surface area contributed by atoms with Crippen LogP contribution in [0, 0.1) is 25.6 Å². The van der Waals surface area contributed by atoms with Crippen molar-refractivity contribution >= 4 is 22.9 Å². The maximum Gasteiger partial charge on any atom is 0.262 e. The van der Waals surface area contributed by atoms with Crippen LogP contribution in [0.4, 0.5) is 28.9 Å². The molecule has 1 fully saturated rings. The molecule has 13 heteroatoms. The van der Waals surface area contributed by atoms with Crippen LogP contribution in [0.25, 0.3) is 16.8 Å². The first-order valence-corrected chi connectivity index (χ1v) is 12.3. The van der Waals surface area contributed by atoms with Crippen molar-refractivity contribution in [3.05, 3.63) is 59.3 Å². The number of amides is 1. The van der Waals surface area contributed by atoms with Gasteiger partial charge in [0.15, 0.2) is 5.65 Å². The number of nitrogens with zero attached hydrogens (tertiary/aromatic N) is 6. The van der Waals surface area contributed by atoms with E-state index in [0.29, 0.717) is 59.1 Å². The number of fused-ring (bicyclic) bond motifs is 1. The third-order valence-electron chi connectivity index (χ3n) is 6.78. The molecule has 0 aliphatic carbocycles. The van der Waals surface area contributed by atoms with Crippen molar-refractivity contribution in [2.24, 2.45) is 0 Å². The van der Waals surface area contributed by atoms with Gasteiger partial charge < -0.3 is 15.0 Å². The first-order valence-electron chi connectivity index (χ1n) is 12.3. The highest BCUT2D eigenvalue weighted by Crippen LogP contribution is 2.34. The van der Waals surface area contributed by atoms with Crippen molar-refractivity contribution in [1.82, 2.24) is 24.4 Å². The Hall–Kier alpha value is -4.00. The number of rotatable bonds is 6. The van der Waals surface area contributed by atoms with Crippen LogP contribution in [0.2, 0.25) is 0 Å². The van der Waals surface area contributed by atoms with E-state index >= 15 is 0 Å². The third-order valence-corrected chi connectivity index (χ3v) is 6.78. The number of halogens is 4. The number of ether oxygens (including phenoxy) is 1. The van der Waals surface area contributed by atoms with Crippen LogP contribution in [-0.4, -0.2) is 63.0 Å². The van der Waals surface area contributed by atoms with E-state index in [1.165, 1.54) is 12.1 Å². The monoisotopic (exact) mass is 545 g/mol. The lowest BCUT2D eigenvalue weighted by Crippen LogP contribution is -2.36. The molecule has 4 heterocycles. The minimum atomic E-state index is -2.94. The Labute approximate surface area is 221 Å². The minimum Gasteiger partial charge on any atom is -0.378 e. The number of hydrogen-bond acceptors (Lipinski definition) is 6. The van der Waals surface area contributed by atoms with E-state index < -0.39 is 35.2 Å². The zero-order valence-electron chi connectivity index (χ0n) is 21.8. The molecule has 0 saturated carbocycles. The number of benzene rings is 1. The normalized spacial score (nSPS) is 14.4. The van der Waals surface area contributed by atoms with Crippen LogP contribution >= 0.6 is 0 Å². The second kappa shape index (κ2) is 9.95. The number of anilines is 2. The van der Waals surface area contributed by atoms with Gasteiger partial charge in [-0.2, -0.15) is 14.6 Å². The van der Waals surface area contributed by atoms with Gasteiger partial charge in [-0.1, -0.05) is 0 Å². The summed E-state index contributed by atoms with van der Waals surface area (Å²) in [6.07, 6.45) is -0.327. The fourth-order valence-corrected chi connectivity index (χ4v) is 4.51. The van der Waals surface area contributed by atoms with E-state index in [1.807, 2.05) is 6.07 Å². The number of hydrogen-bond donors (Lipinski definition) is 1. The number of aromatic nitrogens is 5. The molecule has 1 aliphatic heterocycles. The standard InChI is InChI=1S/C26H27F4N7O2/c1-14-9-19(27)20(33-24(38)18-12-31-37(22(18)28)26(3,4)25(29)30)11-17(14)16-10-21(35-5-7-39-8-6-35)23-32-15(2)34-36(23)13-16/h9-13,25H,5-8H2,1-4H3,(H,33,38). The number of pyridine rings is 1. The van der Waals surface area contributed by atoms with Gasteiger partial charge in [0.2, 0.25) is 5.95 Å². The summed E-state index contributed by atoms with van der Waals surface area (Å²) in [6, 6.07) is 4.63. The number of morpholine rings is 1. The molecular formula is C26H27F4N7O2. The van der Waals surface area contributed by atoms with Crippen molar-refractivity contribution in [1.29, 1.82) is 0 Å². The largest absolute Gasteiger partial charge is 0.378 e. The summed E-state index contributed by atoms with van der Waals surface area (Å²) in [4.78, 5) is 19.6. The van der Waals surface area contributed by atoms with Crippen molar-refractivity contribution in [3.63, 3.8) is 0 Å². The Bertz CT molecular complexity index is 1560. The third kappa shape index (κ3) is 4.82. The highest BCUT2D eigenvalue weighted by atomic mass is 19.3. The molecule has 0 spiro atoms. The van der Waals surface area contributed by atoms with E-state index in [1.54, 1.807) is 24.6 Å². The summed E-state index contributed by atoms with van der Waals surface area (Å²) in [5.41, 5.74) is 0.621. The van der Waals surface area contributed by atoms with Crippen LogP contribution in [0.15, 0.2) is 30.6 Å². The van der Waals surface area contributed by atoms with Crippen LogP contribution in [0.3, 0.4) is 0 Å². The summed E-state index contributed by atoms with van der Waals surface area (Å²) in [7, 11) is 0. The fraction of sp³-hybridized carbons (Fsp3) is 0.385. The molecule has 0 bridgehead atoms. The molecule has 3 aromatic heterocycles. The Morgan fingerprint density at radius 1 is 1.13 bits per heavy atom. The predicted molar refractivity (Wildman–Crippen MR) is 136 cm³/mol. The molecule has 5 rings (SSSR count). The van der Waals surface area contributed by atoms with E-state index in [0.717, 1.165) is 25.7 Å². The van der Waals surface area contributed by atoms with Gasteiger partial charge in [0.25, 0.3) is 12.3 Å². The number of carbonyl (C=O) groups is 1. The number of aryl methyl sites for hydroxylation is 2. The lowest BCUT2D eigenvalue weighted by atomic mass is 10.00. The van der Waals surface area contributed by atoms with Crippen molar-refractivity contribution in [2.45, 2.75) is 39.7 Å². The fourth-order valence-electron chi connectivity index (χ4n) is 4.51. The molecule has 0 atom stereocenters. The molecule has 4 aromatic rings. The summed E-state index contributed by atoms with van der Waals surface area (Å²) in [5.74, 6) is -2.42. The van der Waals surface area contributed by atoms with Crippen LogP contribution in [0.1, 0.15) is 35.6 Å². The molecule has 1 aromatic carbocycles. The van der Waals surface area contributed by atoms with Crippen LogP contribution in [-0.2, 0) is 10.3 Å². The zero-order chi connectivity index (χ0) is 28.1. The predicted octanol–water partition coefficient (Wildman–Crippen LogP) is 4.58. The van der Waals surface area contributed by atoms with Gasteiger partial charge in [0.1, 0.15) is 22.7 Å². The minimum absolute atomic E-state index is 0.205. The van der Waals surface area contributed by atoms with Gasteiger partial charge in [-0.25, -0.2) is 27.4 Å². The average Bonchev–Trinajstić information content (AvgIpc) is 3.47. The van der Waals surface area contributed by atoms with Crippen molar-refractivity contribution < 1.29 is 27.1 Å². The number of nitrogens with one attached hydrogen (secondary N) is 1. The van der Waals surface area contributed by atoms with Gasteiger partial charge in [0, 0.05) is 24.8 Å². The van der Waals surface area contributed by atoms with Gasteiger partial charge in [-0.3, -0.25) is 4.79 Å². The van der Waals surface area contributed by atoms with Crippen LogP contribution < -0.4 is 10.2 Å². The molecule has 1 aliphatic rings. The lowest BCUT2D eigenvalue weighted by Gasteiger charge is -2.29. The smallest absolute Gasteiger partial charge is 0.262 e. The molecule has 0 unspecified atom stereocenters. The van der Waals surface area contributed by atoms with Gasteiger partial charge in [-0.15, -0.1) is 0 Å². The van der Waals surface area contributed by atoms with Crippen molar-refractivity contribution in [2.75, 3.05) is 36.5 Å². The Kier molecular flexibility index (Phi) is 6.79. The second-order valence-corrected chi connectivity index (χ2v) is 9.96. The first-order chi connectivity index (χ1) is 18.5. The summed E-state index contributed by atoms with van der Waals surface area (Å²) in [6.45, 7) is 8.17. The second-order valence-electron chi connectivity index (χ2n) is 9.96. The highest BCUT2D eigenvalue weighted by Gasteiger charge is 2.36. The molecule has 206 valence electrons. The number of carbonyl (C=O) groups excluding carboxylic acids is 1. The molecule has 39 heavy (non-hydrogen) atoms. The van der Waals surface area contributed by atoms with Gasteiger partial charge in [0.05, 0.1) is 30.8 Å². The van der Waals surface area contributed by atoms with Gasteiger partial charge >= 0.3 is 0 Å².